The van der Waals surface area contributed by atoms with Gasteiger partial charge in [0.25, 0.3) is 0 Å². The van der Waals surface area contributed by atoms with Gasteiger partial charge >= 0.3 is 0 Å². The Bertz CT molecular complexity index is 501. The zero-order valence-corrected chi connectivity index (χ0v) is 13.5. The van der Waals surface area contributed by atoms with E-state index >= 15 is 0 Å². The van der Waals surface area contributed by atoms with Gasteiger partial charge in [0.2, 0.25) is 11.8 Å². The second-order valence-electron chi connectivity index (χ2n) is 6.20. The molecule has 6 N–H and O–H groups in total. The second-order valence-corrected chi connectivity index (χ2v) is 6.20. The molecule has 2 rings (SSSR count). The highest BCUT2D eigenvalue weighted by molar-refractivity contribution is 5.89. The third-order valence-corrected chi connectivity index (χ3v) is 4.86. The minimum absolute atomic E-state index is 0.136. The molecule has 10 nitrogen and oxygen atoms in total. The number of hydrogen-bond acceptors (Lipinski definition) is 8. The fourth-order valence-corrected chi connectivity index (χ4v) is 3.76. The minimum atomic E-state index is -1.76. The molecule has 2 aliphatic heterocycles. The van der Waals surface area contributed by atoms with E-state index in [1.165, 1.54) is 14.0 Å². The molecule has 138 valence electrons. The molecule has 2 aliphatic rings. The number of nitrogens with one attached hydrogen (secondary N) is 1. The highest BCUT2D eigenvalue weighted by Gasteiger charge is 2.66. The molecule has 1 unspecified atom stereocenters. The van der Waals surface area contributed by atoms with Crippen molar-refractivity contribution in [3.63, 3.8) is 0 Å². The van der Waals surface area contributed by atoms with Crippen LogP contribution >= 0.6 is 0 Å². The highest BCUT2D eigenvalue weighted by Crippen LogP contribution is 2.44. The lowest BCUT2D eigenvalue weighted by molar-refractivity contribution is -0.277. The average molecular weight is 348 g/mol. The van der Waals surface area contributed by atoms with E-state index in [4.69, 9.17) is 4.74 Å². The van der Waals surface area contributed by atoms with E-state index < -0.39 is 67.1 Å². The lowest BCUT2D eigenvalue weighted by atomic mass is 9.78. The highest BCUT2D eigenvalue weighted by atomic mass is 16.6. The lowest BCUT2D eigenvalue weighted by Crippen LogP contribution is -2.71. The number of aliphatic hydroxyl groups excluding tert-OH is 5. The number of likely N-dealkylation sites (N-methyl/N-ethyl adjacent to an activating group) is 1. The molecule has 1 spiro atoms. The number of carbonyl (C=O) groups is 2. The van der Waals surface area contributed by atoms with Crippen LogP contribution in [0.15, 0.2) is 0 Å². The molecule has 2 fully saturated rings. The summed E-state index contributed by atoms with van der Waals surface area (Å²) in [6.45, 7) is 0.0754. The van der Waals surface area contributed by atoms with Crippen LogP contribution in [-0.4, -0.2) is 105 Å². The number of aliphatic hydroxyl groups is 5. The van der Waals surface area contributed by atoms with Crippen LogP contribution in [0, 0.1) is 0 Å². The summed E-state index contributed by atoms with van der Waals surface area (Å²) in [6.07, 6.45) is -6.32. The van der Waals surface area contributed by atoms with Crippen LogP contribution in [0.2, 0.25) is 0 Å². The Morgan fingerprint density at radius 1 is 1.21 bits per heavy atom. The molecule has 0 aromatic carbocycles. The first kappa shape index (κ1) is 19.0. The van der Waals surface area contributed by atoms with Crippen molar-refractivity contribution in [2.45, 2.75) is 55.4 Å². The molecule has 10 heteroatoms. The Morgan fingerprint density at radius 2 is 1.83 bits per heavy atom. The smallest absolute Gasteiger partial charge is 0.245 e. The Hall–Kier alpha value is -1.30. The molecule has 2 amide bonds. The van der Waals surface area contributed by atoms with Crippen LogP contribution in [0.4, 0.5) is 0 Å². The summed E-state index contributed by atoms with van der Waals surface area (Å²) in [5.41, 5.74) is -1.76. The molecular weight excluding hydrogens is 324 g/mol. The lowest BCUT2D eigenvalue weighted by Gasteiger charge is -2.49. The Morgan fingerprint density at radius 3 is 2.29 bits per heavy atom. The molecule has 0 aromatic rings. The number of nitrogens with zero attached hydrogens (tertiary/aromatic N) is 1. The molecule has 24 heavy (non-hydrogen) atoms. The molecule has 2 heterocycles. The van der Waals surface area contributed by atoms with Crippen molar-refractivity contribution in [2.24, 2.45) is 0 Å². The summed E-state index contributed by atoms with van der Waals surface area (Å²) in [5.74, 6) is -1.17. The van der Waals surface area contributed by atoms with Gasteiger partial charge < -0.3 is 40.5 Å². The average Bonchev–Trinajstić information content (AvgIpc) is 2.91. The quantitative estimate of drug-likeness (QED) is 0.300. The predicted molar refractivity (Wildman–Crippen MR) is 78.6 cm³/mol. The number of amides is 2. The van der Waals surface area contributed by atoms with Gasteiger partial charge in [0.05, 0.1) is 19.3 Å². The van der Waals surface area contributed by atoms with Gasteiger partial charge in [0.15, 0.2) is 0 Å². The van der Waals surface area contributed by atoms with E-state index in [1.807, 2.05) is 0 Å². The Kier molecular flexibility index (Phi) is 5.47. The first-order valence-electron chi connectivity index (χ1n) is 7.69. The van der Waals surface area contributed by atoms with Crippen LogP contribution in [0.25, 0.3) is 0 Å². The summed E-state index contributed by atoms with van der Waals surface area (Å²) in [6, 6.07) is -2.15. The zero-order valence-electron chi connectivity index (χ0n) is 13.5. The fraction of sp³-hybridized carbons (Fsp3) is 0.857. The Balaban J connectivity index is 2.54. The van der Waals surface area contributed by atoms with E-state index in [9.17, 15) is 35.1 Å². The Labute approximate surface area is 138 Å². The van der Waals surface area contributed by atoms with Crippen LogP contribution in [0.1, 0.15) is 13.3 Å². The fourth-order valence-electron chi connectivity index (χ4n) is 3.76. The van der Waals surface area contributed by atoms with Crippen LogP contribution in [-0.2, 0) is 14.3 Å². The van der Waals surface area contributed by atoms with Gasteiger partial charge in [0, 0.05) is 20.4 Å². The van der Waals surface area contributed by atoms with Gasteiger partial charge in [-0.25, -0.2) is 0 Å². The SMILES string of the molecule is CNC(=O)[C@H]1N(C(C)=O)[C@@H](CO)C[C@]12O[C@H](CO)[C@@H](O)[C@H](O)C2O. The summed E-state index contributed by atoms with van der Waals surface area (Å²) in [7, 11) is 1.34. The van der Waals surface area contributed by atoms with Gasteiger partial charge in [-0.2, -0.15) is 0 Å². The van der Waals surface area contributed by atoms with Crippen molar-refractivity contribution in [2.75, 3.05) is 20.3 Å². The first-order chi connectivity index (χ1) is 11.2. The molecule has 0 aliphatic carbocycles. The van der Waals surface area contributed by atoms with Gasteiger partial charge in [-0.3, -0.25) is 9.59 Å². The zero-order chi connectivity index (χ0) is 18.2. The maximum atomic E-state index is 12.4. The standard InChI is InChI=1S/C14H24N2O8/c1-6(19)16-7(4-17)3-14(11(16)13(23)15-2)12(22)10(21)9(20)8(5-18)24-14/h7-12,17-18,20-22H,3-5H2,1-2H3,(H,15,23)/t7-,8-,9-,10+,11-,12?,14+/m1/s1. The van der Waals surface area contributed by atoms with E-state index in [1.54, 1.807) is 0 Å². The summed E-state index contributed by atoms with van der Waals surface area (Å²) < 4.78 is 5.65. The number of ether oxygens (including phenoxy) is 1. The predicted octanol–water partition coefficient (Wildman–Crippen LogP) is -4.07. The van der Waals surface area contributed by atoms with Crippen LogP contribution in [0.5, 0.6) is 0 Å². The molecule has 0 bridgehead atoms. The molecule has 0 saturated carbocycles. The van der Waals surface area contributed by atoms with Crippen molar-refractivity contribution >= 4 is 11.8 Å². The van der Waals surface area contributed by atoms with E-state index in [0.717, 1.165) is 4.90 Å². The maximum Gasteiger partial charge on any atom is 0.245 e. The van der Waals surface area contributed by atoms with Gasteiger partial charge in [-0.15, -0.1) is 0 Å². The topological polar surface area (TPSA) is 160 Å². The normalized spacial score (nSPS) is 42.4. The van der Waals surface area contributed by atoms with E-state index in [-0.39, 0.29) is 6.42 Å². The molecular formula is C14H24N2O8. The third-order valence-electron chi connectivity index (χ3n) is 4.86. The van der Waals surface area contributed by atoms with Crippen molar-refractivity contribution in [1.29, 1.82) is 0 Å². The number of hydrogen-bond donors (Lipinski definition) is 6. The van der Waals surface area contributed by atoms with Crippen molar-refractivity contribution in [1.82, 2.24) is 10.2 Å². The third kappa shape index (κ3) is 2.68. The van der Waals surface area contributed by atoms with E-state index in [2.05, 4.69) is 5.32 Å². The number of rotatable bonds is 3. The number of likely N-dealkylation sites (tertiary alicyclic amines) is 1. The summed E-state index contributed by atoms with van der Waals surface area (Å²) >= 11 is 0. The van der Waals surface area contributed by atoms with Gasteiger partial charge in [-0.1, -0.05) is 0 Å². The monoisotopic (exact) mass is 348 g/mol. The van der Waals surface area contributed by atoms with Crippen molar-refractivity contribution < 1.29 is 39.9 Å². The van der Waals surface area contributed by atoms with Crippen LogP contribution in [0.3, 0.4) is 0 Å². The van der Waals surface area contributed by atoms with Crippen molar-refractivity contribution in [3.8, 4) is 0 Å². The van der Waals surface area contributed by atoms with Gasteiger partial charge in [0.1, 0.15) is 36.1 Å². The molecule has 0 aromatic heterocycles. The molecule has 7 atom stereocenters. The first-order valence-corrected chi connectivity index (χ1v) is 7.69. The molecule has 0 radical (unpaired) electrons. The van der Waals surface area contributed by atoms with Crippen molar-refractivity contribution in [3.05, 3.63) is 0 Å². The summed E-state index contributed by atoms with van der Waals surface area (Å²) in [4.78, 5) is 25.5. The second kappa shape index (κ2) is 6.90. The van der Waals surface area contributed by atoms with Crippen LogP contribution < -0.4 is 5.32 Å². The van der Waals surface area contributed by atoms with Gasteiger partial charge in [-0.05, 0) is 0 Å². The molecule has 2 saturated heterocycles. The summed E-state index contributed by atoms with van der Waals surface area (Å²) in [5, 5.41) is 51.9. The minimum Gasteiger partial charge on any atom is -0.394 e. The largest absolute Gasteiger partial charge is 0.394 e. The number of carbonyl (C=O) groups excluding carboxylic acids is 2. The van der Waals surface area contributed by atoms with E-state index in [0.29, 0.717) is 0 Å². The maximum absolute atomic E-state index is 12.4.